The van der Waals surface area contributed by atoms with Gasteiger partial charge in [-0.25, -0.2) is 0 Å². The molecule has 5 heteroatoms. The zero-order valence-electron chi connectivity index (χ0n) is 10.3. The summed E-state index contributed by atoms with van der Waals surface area (Å²) in [5.74, 6) is -0.292. The van der Waals surface area contributed by atoms with Crippen molar-refractivity contribution in [2.75, 3.05) is 6.61 Å². The largest absolute Gasteiger partial charge is 0.466 e. The molecule has 1 amide bonds. The Balaban J connectivity index is 1.90. The zero-order valence-corrected chi connectivity index (χ0v) is 10.3. The SMILES string of the molecule is CCOC(=O)C[C@H]1[NH2+][C@@H]2CCCC[C@@H]2NC1=O. The van der Waals surface area contributed by atoms with Crippen molar-refractivity contribution < 1.29 is 19.6 Å². The summed E-state index contributed by atoms with van der Waals surface area (Å²) in [6, 6.07) is 0.448. The fraction of sp³-hybridized carbons (Fsp3) is 0.833. The first-order valence-corrected chi connectivity index (χ1v) is 6.51. The highest BCUT2D eigenvalue weighted by Crippen LogP contribution is 2.18. The van der Waals surface area contributed by atoms with Crippen molar-refractivity contribution in [3.63, 3.8) is 0 Å². The maximum Gasteiger partial charge on any atom is 0.312 e. The van der Waals surface area contributed by atoms with Crippen LogP contribution in [0, 0.1) is 0 Å². The molecule has 1 saturated heterocycles. The number of hydrogen-bond donors (Lipinski definition) is 2. The second-order valence-electron chi connectivity index (χ2n) is 4.87. The van der Waals surface area contributed by atoms with Crippen molar-refractivity contribution in [1.29, 1.82) is 0 Å². The van der Waals surface area contributed by atoms with Crippen molar-refractivity contribution in [1.82, 2.24) is 5.32 Å². The van der Waals surface area contributed by atoms with Crippen LogP contribution in [-0.4, -0.2) is 36.6 Å². The van der Waals surface area contributed by atoms with Crippen LogP contribution in [0.25, 0.3) is 0 Å². The molecule has 1 aliphatic heterocycles. The summed E-state index contributed by atoms with van der Waals surface area (Å²) in [6.45, 7) is 2.15. The number of hydrogen-bond acceptors (Lipinski definition) is 3. The molecule has 2 fully saturated rings. The topological polar surface area (TPSA) is 72.0 Å². The Bertz CT molecular complexity index is 306. The quantitative estimate of drug-likeness (QED) is 0.643. The molecule has 0 unspecified atom stereocenters. The minimum atomic E-state index is -0.298. The van der Waals surface area contributed by atoms with Gasteiger partial charge >= 0.3 is 5.97 Å². The lowest BCUT2D eigenvalue weighted by Crippen LogP contribution is -3.03. The number of nitrogens with two attached hydrogens (primary N) is 1. The normalized spacial score (nSPS) is 32.5. The average Bonchev–Trinajstić information content (AvgIpc) is 2.30. The highest BCUT2D eigenvalue weighted by Gasteiger charge is 2.40. The first kappa shape index (κ1) is 12.4. The molecule has 0 spiro atoms. The maximum absolute atomic E-state index is 11.8. The smallest absolute Gasteiger partial charge is 0.312 e. The number of carbonyl (C=O) groups excluding carboxylic acids is 2. The molecule has 0 aromatic rings. The minimum absolute atomic E-state index is 0.0128. The third kappa shape index (κ3) is 2.97. The van der Waals surface area contributed by atoms with Crippen LogP contribution < -0.4 is 10.6 Å². The molecule has 0 bridgehead atoms. The van der Waals surface area contributed by atoms with Crippen LogP contribution in [0.15, 0.2) is 0 Å². The van der Waals surface area contributed by atoms with Crippen LogP contribution >= 0.6 is 0 Å². The summed E-state index contributed by atoms with van der Waals surface area (Å²) in [4.78, 5) is 23.2. The number of fused-ring (bicyclic) bond motifs is 1. The molecule has 96 valence electrons. The van der Waals surface area contributed by atoms with Crippen LogP contribution in [0.3, 0.4) is 0 Å². The number of carbonyl (C=O) groups is 2. The summed E-state index contributed by atoms with van der Waals surface area (Å²) >= 11 is 0. The van der Waals surface area contributed by atoms with Gasteiger partial charge < -0.3 is 15.4 Å². The van der Waals surface area contributed by atoms with E-state index >= 15 is 0 Å². The van der Waals surface area contributed by atoms with E-state index in [2.05, 4.69) is 10.6 Å². The summed E-state index contributed by atoms with van der Waals surface area (Å²) in [5, 5.41) is 5.11. The molecule has 5 nitrogen and oxygen atoms in total. The predicted octanol–water partition coefficient (Wildman–Crippen LogP) is -0.687. The van der Waals surface area contributed by atoms with E-state index in [1.54, 1.807) is 6.92 Å². The van der Waals surface area contributed by atoms with E-state index in [1.807, 2.05) is 0 Å². The summed E-state index contributed by atoms with van der Waals surface area (Å²) in [5.41, 5.74) is 0. The molecule has 3 atom stereocenters. The van der Waals surface area contributed by atoms with Gasteiger partial charge in [-0.1, -0.05) is 6.42 Å². The van der Waals surface area contributed by atoms with Gasteiger partial charge in [0.05, 0.1) is 12.6 Å². The fourth-order valence-electron chi connectivity index (χ4n) is 2.80. The van der Waals surface area contributed by atoms with Crippen LogP contribution in [0.5, 0.6) is 0 Å². The van der Waals surface area contributed by atoms with Gasteiger partial charge in [0.1, 0.15) is 12.5 Å². The summed E-state index contributed by atoms with van der Waals surface area (Å²) in [7, 11) is 0. The Morgan fingerprint density at radius 1 is 1.47 bits per heavy atom. The van der Waals surface area contributed by atoms with Crippen molar-refractivity contribution in [3.8, 4) is 0 Å². The first-order valence-electron chi connectivity index (χ1n) is 6.51. The van der Waals surface area contributed by atoms with Crippen LogP contribution in [0.2, 0.25) is 0 Å². The number of ether oxygens (including phenoxy) is 1. The number of esters is 1. The lowest BCUT2D eigenvalue weighted by molar-refractivity contribution is -0.718. The molecule has 2 aliphatic rings. The second-order valence-corrected chi connectivity index (χ2v) is 4.87. The average molecular weight is 241 g/mol. The van der Waals surface area contributed by atoms with Crippen molar-refractivity contribution in [3.05, 3.63) is 0 Å². The van der Waals surface area contributed by atoms with E-state index in [1.165, 1.54) is 12.8 Å². The van der Waals surface area contributed by atoms with E-state index in [0.29, 0.717) is 18.7 Å². The van der Waals surface area contributed by atoms with Crippen molar-refractivity contribution in [2.24, 2.45) is 0 Å². The Hall–Kier alpha value is -1.10. The van der Waals surface area contributed by atoms with Crippen LogP contribution in [0.4, 0.5) is 0 Å². The van der Waals surface area contributed by atoms with Gasteiger partial charge in [0.25, 0.3) is 5.91 Å². The molecule has 1 aliphatic carbocycles. The fourth-order valence-corrected chi connectivity index (χ4v) is 2.80. The molecule has 1 heterocycles. The monoisotopic (exact) mass is 241 g/mol. The molecule has 0 aromatic heterocycles. The third-order valence-electron chi connectivity index (χ3n) is 3.66. The molecular formula is C12H21N2O3+. The number of piperazine rings is 1. The molecule has 0 radical (unpaired) electrons. The lowest BCUT2D eigenvalue weighted by atomic mass is 9.87. The van der Waals surface area contributed by atoms with Gasteiger partial charge in [-0.3, -0.25) is 9.59 Å². The number of quaternary nitrogens is 1. The van der Waals surface area contributed by atoms with E-state index in [9.17, 15) is 9.59 Å². The lowest BCUT2D eigenvalue weighted by Gasteiger charge is -2.37. The Morgan fingerprint density at radius 2 is 2.24 bits per heavy atom. The third-order valence-corrected chi connectivity index (χ3v) is 3.66. The summed E-state index contributed by atoms with van der Waals surface area (Å²) in [6.07, 6.45) is 4.80. The van der Waals surface area contributed by atoms with Gasteiger partial charge in [-0.05, 0) is 19.8 Å². The number of nitrogens with one attached hydrogen (secondary N) is 1. The van der Waals surface area contributed by atoms with E-state index in [-0.39, 0.29) is 24.3 Å². The Labute approximate surface area is 101 Å². The molecular weight excluding hydrogens is 220 g/mol. The highest BCUT2D eigenvalue weighted by atomic mass is 16.5. The molecule has 3 N–H and O–H groups in total. The number of amides is 1. The Morgan fingerprint density at radius 3 is 3.00 bits per heavy atom. The second kappa shape index (κ2) is 5.49. The molecule has 1 saturated carbocycles. The van der Waals surface area contributed by atoms with Crippen LogP contribution in [0.1, 0.15) is 39.0 Å². The van der Waals surface area contributed by atoms with Crippen LogP contribution in [-0.2, 0) is 14.3 Å². The number of rotatable bonds is 3. The van der Waals surface area contributed by atoms with Gasteiger partial charge in [0.2, 0.25) is 0 Å². The zero-order chi connectivity index (χ0) is 12.3. The Kier molecular flexibility index (Phi) is 3.99. The highest BCUT2D eigenvalue weighted by molar-refractivity contribution is 5.85. The van der Waals surface area contributed by atoms with Gasteiger partial charge in [-0.2, -0.15) is 0 Å². The first-order chi connectivity index (χ1) is 8.20. The standard InChI is InChI=1S/C12H20N2O3/c1-2-17-11(15)7-10-12(16)14-9-6-4-3-5-8(9)13-10/h8-10,13H,2-7H2,1H3,(H,14,16)/p+1/t8-,9+,10-/m1/s1. The molecule has 2 rings (SSSR count). The summed E-state index contributed by atoms with van der Waals surface area (Å²) < 4.78 is 4.89. The minimum Gasteiger partial charge on any atom is -0.466 e. The molecule has 0 aromatic carbocycles. The van der Waals surface area contributed by atoms with E-state index < -0.39 is 0 Å². The molecule has 17 heavy (non-hydrogen) atoms. The predicted molar refractivity (Wildman–Crippen MR) is 61.2 cm³/mol. The maximum atomic E-state index is 11.8. The van der Waals surface area contributed by atoms with Gasteiger partial charge in [0, 0.05) is 6.42 Å². The van der Waals surface area contributed by atoms with E-state index in [4.69, 9.17) is 4.74 Å². The van der Waals surface area contributed by atoms with Crippen molar-refractivity contribution >= 4 is 11.9 Å². The van der Waals surface area contributed by atoms with Gasteiger partial charge in [-0.15, -0.1) is 0 Å². The van der Waals surface area contributed by atoms with E-state index in [0.717, 1.165) is 12.8 Å². The van der Waals surface area contributed by atoms with Crippen molar-refractivity contribution in [2.45, 2.75) is 57.2 Å². The van der Waals surface area contributed by atoms with Gasteiger partial charge in [0.15, 0.2) is 6.04 Å².